The van der Waals surface area contributed by atoms with E-state index in [0.29, 0.717) is 59.5 Å². The van der Waals surface area contributed by atoms with Gasteiger partial charge in [0.2, 0.25) is 22.7 Å². The number of sulfonamides is 1. The fourth-order valence-electron chi connectivity index (χ4n) is 3.00. The highest BCUT2D eigenvalue weighted by Gasteiger charge is 2.26. The maximum absolute atomic E-state index is 12.7. The van der Waals surface area contributed by atoms with Gasteiger partial charge in [0.25, 0.3) is 5.22 Å². The third-order valence-electron chi connectivity index (χ3n) is 4.53. The molecular weight excluding hydrogens is 432 g/mol. The fourth-order valence-corrected chi connectivity index (χ4v) is 4.98. The molecule has 0 unspecified atom stereocenters. The van der Waals surface area contributed by atoms with Gasteiger partial charge in [-0.15, -0.1) is 10.2 Å². The molecule has 4 heterocycles. The fraction of sp³-hybridized carbons (Fsp3) is 0.278. The van der Waals surface area contributed by atoms with Gasteiger partial charge in [-0.25, -0.2) is 13.4 Å². The third-order valence-corrected chi connectivity index (χ3v) is 7.21. The van der Waals surface area contributed by atoms with Crippen LogP contribution < -0.4 is 9.47 Å². The Morgan fingerprint density at radius 2 is 1.83 bits per heavy atom. The summed E-state index contributed by atoms with van der Waals surface area (Å²) in [7, 11) is -3.58. The summed E-state index contributed by atoms with van der Waals surface area (Å²) >= 11 is 1.15. The Bertz CT molecular complexity index is 1160. The number of hydrogen-bond acceptors (Lipinski definition) is 10. The van der Waals surface area contributed by atoms with Gasteiger partial charge in [-0.05, 0) is 42.1 Å². The molecule has 0 spiro atoms. The predicted molar refractivity (Wildman–Crippen MR) is 104 cm³/mol. The molecule has 3 aromatic rings. The van der Waals surface area contributed by atoms with Gasteiger partial charge in [0.1, 0.15) is 9.92 Å². The van der Waals surface area contributed by atoms with E-state index in [-0.39, 0.29) is 11.7 Å². The largest absolute Gasteiger partial charge is 0.454 e. The summed E-state index contributed by atoms with van der Waals surface area (Å²) in [5, 5.41) is 8.90. The number of benzene rings is 1. The van der Waals surface area contributed by atoms with E-state index in [1.54, 1.807) is 24.3 Å². The lowest BCUT2D eigenvalue weighted by atomic mass is 10.2. The highest BCUT2D eigenvalue weighted by atomic mass is 32.2. The summed E-state index contributed by atoms with van der Waals surface area (Å²) in [5.74, 6) is 1.63. The van der Waals surface area contributed by atoms with Crippen LogP contribution in [0.5, 0.6) is 11.5 Å². The average Bonchev–Trinajstić information content (AvgIpc) is 3.43. The van der Waals surface area contributed by atoms with Gasteiger partial charge in [0.05, 0.1) is 13.2 Å². The minimum atomic E-state index is -3.58. The molecule has 30 heavy (non-hydrogen) atoms. The molecule has 1 saturated heterocycles. The van der Waals surface area contributed by atoms with E-state index in [1.165, 1.54) is 16.6 Å². The Balaban J connectivity index is 1.30. The molecule has 2 aliphatic rings. The zero-order chi connectivity index (χ0) is 20.6. The van der Waals surface area contributed by atoms with Crippen molar-refractivity contribution in [2.24, 2.45) is 0 Å². The minimum absolute atomic E-state index is 0.139. The molecule has 12 heteroatoms. The van der Waals surface area contributed by atoms with Gasteiger partial charge in [-0.2, -0.15) is 4.31 Å². The van der Waals surface area contributed by atoms with E-state index in [0.717, 1.165) is 11.8 Å². The minimum Gasteiger partial charge on any atom is -0.454 e. The van der Waals surface area contributed by atoms with Crippen LogP contribution in [0, 0.1) is 0 Å². The van der Waals surface area contributed by atoms with Crippen LogP contribution in [-0.2, 0) is 14.8 Å². The predicted octanol–water partition coefficient (Wildman–Crippen LogP) is 2.03. The number of nitrogens with zero attached hydrogens (tertiary/aromatic N) is 4. The van der Waals surface area contributed by atoms with Gasteiger partial charge in [0, 0.05) is 24.8 Å². The van der Waals surface area contributed by atoms with E-state index in [1.807, 2.05) is 0 Å². The number of hydrogen-bond donors (Lipinski definition) is 0. The van der Waals surface area contributed by atoms with Crippen LogP contribution in [-0.4, -0.2) is 61.0 Å². The summed E-state index contributed by atoms with van der Waals surface area (Å²) in [6.07, 6.45) is 1.34. The van der Waals surface area contributed by atoms with Crippen molar-refractivity contribution < 1.29 is 27.0 Å². The summed E-state index contributed by atoms with van der Waals surface area (Å²) in [4.78, 5) is 4.37. The van der Waals surface area contributed by atoms with Crippen LogP contribution in [0.3, 0.4) is 0 Å². The van der Waals surface area contributed by atoms with Crippen LogP contribution in [0.1, 0.15) is 0 Å². The molecule has 0 atom stereocenters. The monoisotopic (exact) mass is 448 g/mol. The molecule has 0 amide bonds. The topological polar surface area (TPSA) is 117 Å². The SMILES string of the molecule is O=S(=O)(c1ccc(Sc2nnc(-c3ccc4c(c3)OCO4)o2)nc1)N1CCOCC1. The van der Waals surface area contributed by atoms with Crippen molar-refractivity contribution in [3.63, 3.8) is 0 Å². The molecule has 0 radical (unpaired) electrons. The highest BCUT2D eigenvalue weighted by Crippen LogP contribution is 2.36. The van der Waals surface area contributed by atoms with Gasteiger partial charge >= 0.3 is 0 Å². The number of aromatic nitrogens is 3. The number of morpholine rings is 1. The van der Waals surface area contributed by atoms with Crippen molar-refractivity contribution in [2.75, 3.05) is 33.1 Å². The van der Waals surface area contributed by atoms with Crippen LogP contribution in [0.4, 0.5) is 0 Å². The van der Waals surface area contributed by atoms with Crippen LogP contribution in [0.15, 0.2) is 56.1 Å². The zero-order valence-corrected chi connectivity index (χ0v) is 17.2. The first-order valence-corrected chi connectivity index (χ1v) is 11.3. The van der Waals surface area contributed by atoms with Crippen molar-refractivity contribution in [3.05, 3.63) is 36.5 Å². The lowest BCUT2D eigenvalue weighted by Gasteiger charge is -2.25. The molecule has 1 aromatic carbocycles. The van der Waals surface area contributed by atoms with Crippen LogP contribution >= 0.6 is 11.8 Å². The molecule has 10 nitrogen and oxygen atoms in total. The molecule has 0 N–H and O–H groups in total. The normalized spacial score (nSPS) is 16.7. The van der Waals surface area contributed by atoms with Crippen molar-refractivity contribution in [3.8, 4) is 23.0 Å². The Labute approximate surface area is 176 Å². The highest BCUT2D eigenvalue weighted by molar-refractivity contribution is 7.99. The Kier molecular flexibility index (Phi) is 5.06. The van der Waals surface area contributed by atoms with E-state index in [9.17, 15) is 8.42 Å². The second-order valence-electron chi connectivity index (χ2n) is 6.39. The van der Waals surface area contributed by atoms with Gasteiger partial charge < -0.3 is 18.6 Å². The zero-order valence-electron chi connectivity index (χ0n) is 15.6. The van der Waals surface area contributed by atoms with Crippen molar-refractivity contribution in [1.82, 2.24) is 19.5 Å². The quantitative estimate of drug-likeness (QED) is 0.574. The van der Waals surface area contributed by atoms with Crippen LogP contribution in [0.25, 0.3) is 11.5 Å². The van der Waals surface area contributed by atoms with Gasteiger partial charge in [-0.1, -0.05) is 0 Å². The number of rotatable bonds is 5. The third kappa shape index (κ3) is 3.74. The summed E-state index contributed by atoms with van der Waals surface area (Å²) < 4.78 is 48.3. The lowest BCUT2D eigenvalue weighted by molar-refractivity contribution is 0.0730. The summed E-state index contributed by atoms with van der Waals surface area (Å²) in [5.41, 5.74) is 0.707. The van der Waals surface area contributed by atoms with Gasteiger partial charge in [-0.3, -0.25) is 0 Å². The average molecular weight is 448 g/mol. The second kappa shape index (κ2) is 7.87. The molecule has 5 rings (SSSR count). The van der Waals surface area contributed by atoms with E-state index in [2.05, 4.69) is 15.2 Å². The molecule has 0 bridgehead atoms. The molecule has 2 aliphatic heterocycles. The first kappa shape index (κ1) is 19.3. The Hall–Kier alpha value is -2.67. The summed E-state index contributed by atoms with van der Waals surface area (Å²) in [6.45, 7) is 1.65. The van der Waals surface area contributed by atoms with E-state index < -0.39 is 10.0 Å². The first-order chi connectivity index (χ1) is 14.6. The molecular formula is C18H16N4O6S2. The van der Waals surface area contributed by atoms with E-state index in [4.69, 9.17) is 18.6 Å². The maximum atomic E-state index is 12.7. The maximum Gasteiger partial charge on any atom is 0.283 e. The Morgan fingerprint density at radius 1 is 1.00 bits per heavy atom. The van der Waals surface area contributed by atoms with Crippen molar-refractivity contribution in [1.29, 1.82) is 0 Å². The van der Waals surface area contributed by atoms with Crippen molar-refractivity contribution in [2.45, 2.75) is 15.1 Å². The molecule has 156 valence electrons. The van der Waals surface area contributed by atoms with Crippen molar-refractivity contribution >= 4 is 21.8 Å². The number of fused-ring (bicyclic) bond motifs is 1. The van der Waals surface area contributed by atoms with E-state index >= 15 is 0 Å². The smallest absolute Gasteiger partial charge is 0.283 e. The van der Waals surface area contributed by atoms with Crippen LogP contribution in [0.2, 0.25) is 0 Å². The molecule has 1 fully saturated rings. The van der Waals surface area contributed by atoms with Gasteiger partial charge in [0.15, 0.2) is 11.5 Å². The number of pyridine rings is 1. The number of ether oxygens (including phenoxy) is 3. The Morgan fingerprint density at radius 3 is 2.63 bits per heavy atom. The standard InChI is InChI=1S/C18H16N4O6S2/c23-30(24,22-5-7-25-8-6-22)13-2-4-16(19-10-13)29-18-21-20-17(28-18)12-1-3-14-15(9-12)27-11-26-14/h1-4,9-10H,5-8,11H2. The first-order valence-electron chi connectivity index (χ1n) is 9.05. The molecule has 0 saturated carbocycles. The lowest BCUT2D eigenvalue weighted by Crippen LogP contribution is -2.40. The summed E-state index contributed by atoms with van der Waals surface area (Å²) in [6, 6.07) is 8.49. The molecule has 2 aromatic heterocycles. The molecule has 0 aliphatic carbocycles. The second-order valence-corrected chi connectivity index (χ2v) is 9.30.